The van der Waals surface area contributed by atoms with Crippen LogP contribution in [0.5, 0.6) is 5.75 Å². The molecule has 1 aromatic heterocycles. The van der Waals surface area contributed by atoms with Crippen LogP contribution in [-0.2, 0) is 13.2 Å². The molecule has 6 nitrogen and oxygen atoms in total. The molecule has 31 heavy (non-hydrogen) atoms. The molecule has 3 aromatic carbocycles. The zero-order chi connectivity index (χ0) is 21.6. The van der Waals surface area contributed by atoms with E-state index in [1.54, 1.807) is 11.8 Å². The lowest BCUT2D eigenvalue weighted by Crippen LogP contribution is -2.14. The lowest BCUT2D eigenvalue weighted by atomic mass is 10.0. The number of nitrogens with zero attached hydrogens (tertiary/aromatic N) is 2. The van der Waals surface area contributed by atoms with Crippen LogP contribution in [0.15, 0.2) is 85.1 Å². The molecule has 0 atom stereocenters. The Morgan fingerprint density at radius 3 is 2.48 bits per heavy atom. The van der Waals surface area contributed by atoms with Crippen LogP contribution < -0.4 is 10.1 Å². The highest BCUT2D eigenvalue weighted by molar-refractivity contribution is 6.07. The average molecular weight is 413 g/mol. The molecule has 0 unspecified atom stereocenters. The second kappa shape index (κ2) is 9.28. The Kier molecular flexibility index (Phi) is 6.10. The molecule has 0 radical (unpaired) electrons. The third kappa shape index (κ3) is 4.82. The smallest absolute Gasteiger partial charge is 0.276 e. The van der Waals surface area contributed by atoms with Gasteiger partial charge in [0, 0.05) is 17.4 Å². The molecule has 0 spiro atoms. The van der Waals surface area contributed by atoms with Crippen molar-refractivity contribution in [3.63, 3.8) is 0 Å². The number of methoxy groups -OCH3 is 1. The summed E-state index contributed by atoms with van der Waals surface area (Å²) in [6.07, 6.45) is 1.86. The van der Waals surface area contributed by atoms with Crippen molar-refractivity contribution in [2.75, 3.05) is 12.4 Å². The van der Waals surface area contributed by atoms with E-state index < -0.39 is 0 Å². The van der Waals surface area contributed by atoms with Crippen LogP contribution in [-0.4, -0.2) is 27.9 Å². The normalized spacial score (nSPS) is 10.6. The minimum absolute atomic E-state index is 0.0701. The van der Waals surface area contributed by atoms with Gasteiger partial charge in [0.25, 0.3) is 5.91 Å². The van der Waals surface area contributed by atoms with Crippen molar-refractivity contribution in [2.24, 2.45) is 0 Å². The van der Waals surface area contributed by atoms with Crippen LogP contribution >= 0.6 is 0 Å². The second-order valence-electron chi connectivity index (χ2n) is 7.12. The van der Waals surface area contributed by atoms with Gasteiger partial charge in [-0.15, -0.1) is 0 Å². The van der Waals surface area contributed by atoms with E-state index in [9.17, 15) is 9.90 Å². The Labute approximate surface area is 180 Å². The number of rotatable bonds is 7. The zero-order valence-corrected chi connectivity index (χ0v) is 17.2. The maximum absolute atomic E-state index is 13.1. The summed E-state index contributed by atoms with van der Waals surface area (Å²) in [5.41, 5.74) is 4.37. The molecular weight excluding hydrogens is 390 g/mol. The number of nitrogens with one attached hydrogen (secondary N) is 1. The fraction of sp³-hybridized carbons (Fsp3) is 0.120. The number of carbonyl (C=O) groups is 1. The van der Waals surface area contributed by atoms with Crippen molar-refractivity contribution in [2.45, 2.75) is 13.2 Å². The summed E-state index contributed by atoms with van der Waals surface area (Å²) in [7, 11) is 1.63. The summed E-state index contributed by atoms with van der Waals surface area (Å²) >= 11 is 0. The zero-order valence-electron chi connectivity index (χ0n) is 17.2. The van der Waals surface area contributed by atoms with Gasteiger partial charge in [0.15, 0.2) is 5.69 Å². The van der Waals surface area contributed by atoms with Gasteiger partial charge in [-0.05, 0) is 47.0 Å². The van der Waals surface area contributed by atoms with E-state index >= 15 is 0 Å². The first-order valence-electron chi connectivity index (χ1n) is 9.93. The number of anilines is 1. The Morgan fingerprint density at radius 1 is 1.00 bits per heavy atom. The maximum Gasteiger partial charge on any atom is 0.276 e. The lowest BCUT2D eigenvalue weighted by Gasteiger charge is -2.06. The van der Waals surface area contributed by atoms with Gasteiger partial charge >= 0.3 is 0 Å². The molecule has 0 aliphatic heterocycles. The number of para-hydroxylation sites is 1. The third-order valence-corrected chi connectivity index (χ3v) is 4.93. The predicted octanol–water partition coefficient (Wildman–Crippen LogP) is 4.35. The monoisotopic (exact) mass is 413 g/mol. The largest absolute Gasteiger partial charge is 0.497 e. The number of ether oxygens (including phenoxy) is 1. The maximum atomic E-state index is 13.1. The first kappa shape index (κ1) is 20.4. The third-order valence-electron chi connectivity index (χ3n) is 4.93. The van der Waals surface area contributed by atoms with Crippen LogP contribution in [0.1, 0.15) is 21.6 Å². The van der Waals surface area contributed by atoms with Crippen molar-refractivity contribution in [1.82, 2.24) is 9.78 Å². The molecule has 4 aromatic rings. The highest BCUT2D eigenvalue weighted by Crippen LogP contribution is 2.26. The van der Waals surface area contributed by atoms with E-state index in [-0.39, 0.29) is 12.5 Å². The van der Waals surface area contributed by atoms with Crippen LogP contribution in [0.2, 0.25) is 0 Å². The molecule has 2 N–H and O–H groups in total. The standard InChI is InChI=1S/C25H23N3O3/c1-31-22-12-10-18(11-13-22)15-28-16-23(20-7-5-6-19(14-20)17-29)24(27-28)25(30)26-21-8-3-2-4-9-21/h2-14,16,29H,15,17H2,1H3,(H,26,30). The summed E-state index contributed by atoms with van der Waals surface area (Å²) < 4.78 is 6.97. The Balaban J connectivity index is 1.69. The van der Waals surface area contributed by atoms with Gasteiger partial charge in [0.1, 0.15) is 5.75 Å². The molecule has 4 rings (SSSR count). The Morgan fingerprint density at radius 2 is 1.77 bits per heavy atom. The van der Waals surface area contributed by atoms with E-state index in [0.29, 0.717) is 23.5 Å². The highest BCUT2D eigenvalue weighted by atomic mass is 16.5. The van der Waals surface area contributed by atoms with Gasteiger partial charge in [-0.25, -0.2) is 0 Å². The topological polar surface area (TPSA) is 76.4 Å². The van der Waals surface area contributed by atoms with E-state index in [0.717, 1.165) is 22.4 Å². The molecule has 0 fully saturated rings. The molecule has 1 amide bonds. The number of aliphatic hydroxyl groups is 1. The molecule has 6 heteroatoms. The average Bonchev–Trinajstić information content (AvgIpc) is 3.24. The molecule has 156 valence electrons. The lowest BCUT2D eigenvalue weighted by molar-refractivity contribution is 0.102. The molecule has 0 saturated heterocycles. The van der Waals surface area contributed by atoms with E-state index in [4.69, 9.17) is 4.74 Å². The molecule has 0 saturated carbocycles. The van der Waals surface area contributed by atoms with E-state index in [1.165, 1.54) is 0 Å². The quantitative estimate of drug-likeness (QED) is 0.472. The van der Waals surface area contributed by atoms with Gasteiger partial charge in [-0.3, -0.25) is 9.48 Å². The number of amides is 1. The van der Waals surface area contributed by atoms with Gasteiger partial charge < -0.3 is 15.2 Å². The molecule has 1 heterocycles. The number of hydrogen-bond acceptors (Lipinski definition) is 4. The van der Waals surface area contributed by atoms with Crippen LogP contribution in [0.25, 0.3) is 11.1 Å². The Hall–Kier alpha value is -3.90. The first-order valence-corrected chi connectivity index (χ1v) is 9.93. The van der Waals surface area contributed by atoms with Crippen molar-refractivity contribution in [3.05, 3.63) is 102 Å². The van der Waals surface area contributed by atoms with Crippen molar-refractivity contribution in [3.8, 4) is 16.9 Å². The van der Waals surface area contributed by atoms with Crippen molar-refractivity contribution < 1.29 is 14.6 Å². The van der Waals surface area contributed by atoms with Gasteiger partial charge in [-0.2, -0.15) is 5.10 Å². The van der Waals surface area contributed by atoms with Crippen molar-refractivity contribution >= 4 is 11.6 Å². The fourth-order valence-corrected chi connectivity index (χ4v) is 3.35. The second-order valence-corrected chi connectivity index (χ2v) is 7.12. The Bertz CT molecular complexity index is 1170. The van der Waals surface area contributed by atoms with Gasteiger partial charge in [0.05, 0.1) is 20.3 Å². The molecular formula is C25H23N3O3. The summed E-state index contributed by atoms with van der Waals surface area (Å²) in [5.74, 6) is 0.498. The van der Waals surface area contributed by atoms with E-state index in [2.05, 4.69) is 10.4 Å². The summed E-state index contributed by atoms with van der Waals surface area (Å²) in [4.78, 5) is 13.1. The minimum atomic E-state index is -0.288. The first-order chi connectivity index (χ1) is 15.2. The fourth-order valence-electron chi connectivity index (χ4n) is 3.35. The van der Waals surface area contributed by atoms with E-state index in [1.807, 2.05) is 85.1 Å². The summed E-state index contributed by atoms with van der Waals surface area (Å²) in [6.45, 7) is 0.439. The number of hydrogen-bond donors (Lipinski definition) is 2. The highest BCUT2D eigenvalue weighted by Gasteiger charge is 2.19. The van der Waals surface area contributed by atoms with Crippen molar-refractivity contribution in [1.29, 1.82) is 0 Å². The van der Waals surface area contributed by atoms with Gasteiger partial charge in [0.2, 0.25) is 0 Å². The van der Waals surface area contributed by atoms with Gasteiger partial charge in [-0.1, -0.05) is 48.5 Å². The summed E-state index contributed by atoms with van der Waals surface area (Å²) in [5, 5.41) is 17.0. The minimum Gasteiger partial charge on any atom is -0.497 e. The summed E-state index contributed by atoms with van der Waals surface area (Å²) in [6, 6.07) is 24.5. The van der Waals surface area contributed by atoms with Crippen LogP contribution in [0, 0.1) is 0 Å². The number of benzene rings is 3. The predicted molar refractivity (Wildman–Crippen MR) is 120 cm³/mol. The SMILES string of the molecule is COc1ccc(Cn2cc(-c3cccc(CO)c3)c(C(=O)Nc3ccccc3)n2)cc1. The number of aliphatic hydroxyl groups excluding tert-OH is 1. The molecule has 0 aliphatic rings. The number of aromatic nitrogens is 2. The molecule has 0 aliphatic carbocycles. The number of carbonyl (C=O) groups excluding carboxylic acids is 1. The molecule has 0 bridgehead atoms. The van der Waals surface area contributed by atoms with Crippen LogP contribution in [0.3, 0.4) is 0 Å². The van der Waals surface area contributed by atoms with Crippen LogP contribution in [0.4, 0.5) is 5.69 Å².